The van der Waals surface area contributed by atoms with E-state index in [-0.39, 0.29) is 6.61 Å². The van der Waals surface area contributed by atoms with Gasteiger partial charge in [0.05, 0.1) is 23.7 Å². The highest BCUT2D eigenvalue weighted by atomic mass is 35.5. The lowest BCUT2D eigenvalue weighted by atomic mass is 9.94. The third-order valence-corrected chi connectivity index (χ3v) is 4.72. The highest BCUT2D eigenvalue weighted by molar-refractivity contribution is 6.33. The van der Waals surface area contributed by atoms with Gasteiger partial charge in [0, 0.05) is 12.6 Å². The number of benzene rings is 1. The molecule has 1 aromatic heterocycles. The molecule has 0 atom stereocenters. The smallest absolute Gasteiger partial charge is 0.249 e. The molecule has 3 rings (SSSR count). The van der Waals surface area contributed by atoms with Crippen LogP contribution in [0.3, 0.4) is 0 Å². The Morgan fingerprint density at radius 2 is 1.96 bits per heavy atom. The highest BCUT2D eigenvalue weighted by Gasteiger charge is 2.23. The second kappa shape index (κ2) is 7.90. The minimum atomic E-state index is 0.141. The summed E-state index contributed by atoms with van der Waals surface area (Å²) in [7, 11) is 0. The first-order valence-corrected chi connectivity index (χ1v) is 8.58. The average molecular weight is 336 g/mol. The van der Waals surface area contributed by atoms with Gasteiger partial charge in [0.15, 0.2) is 0 Å². The first-order valence-electron chi connectivity index (χ1n) is 8.20. The Morgan fingerprint density at radius 3 is 2.70 bits per heavy atom. The van der Waals surface area contributed by atoms with Gasteiger partial charge in [-0.2, -0.15) is 0 Å². The van der Waals surface area contributed by atoms with Gasteiger partial charge >= 0.3 is 0 Å². The van der Waals surface area contributed by atoms with Crippen LogP contribution in [0.25, 0.3) is 11.5 Å². The maximum absolute atomic E-state index is 9.34. The maximum atomic E-state index is 9.34. The largest absolute Gasteiger partial charge is 0.419 e. The summed E-state index contributed by atoms with van der Waals surface area (Å²) in [5, 5.41) is 18.2. The number of aliphatic hydroxyl groups excluding tert-OH is 1. The first kappa shape index (κ1) is 16.4. The van der Waals surface area contributed by atoms with E-state index in [0.29, 0.717) is 35.9 Å². The van der Waals surface area contributed by atoms with Gasteiger partial charge in [0.2, 0.25) is 11.8 Å². The fourth-order valence-electron chi connectivity index (χ4n) is 3.20. The van der Waals surface area contributed by atoms with Crippen molar-refractivity contribution < 1.29 is 9.52 Å². The van der Waals surface area contributed by atoms with Gasteiger partial charge in [-0.3, -0.25) is 4.90 Å². The number of hydrogen-bond donors (Lipinski definition) is 1. The Labute approximate surface area is 141 Å². The molecule has 2 aromatic rings. The summed E-state index contributed by atoms with van der Waals surface area (Å²) in [6.45, 7) is 1.35. The van der Waals surface area contributed by atoms with E-state index in [1.165, 1.54) is 32.1 Å². The molecule has 0 aliphatic heterocycles. The Bertz CT molecular complexity index is 626. The second-order valence-electron chi connectivity index (χ2n) is 5.97. The molecule has 0 bridgehead atoms. The number of aliphatic hydroxyl groups is 1. The summed E-state index contributed by atoms with van der Waals surface area (Å²) in [5.74, 6) is 1.01. The fraction of sp³-hybridized carbons (Fsp3) is 0.529. The molecule has 124 valence electrons. The molecule has 23 heavy (non-hydrogen) atoms. The van der Waals surface area contributed by atoms with E-state index < -0.39 is 0 Å². The summed E-state index contributed by atoms with van der Waals surface area (Å²) < 4.78 is 5.79. The van der Waals surface area contributed by atoms with E-state index >= 15 is 0 Å². The number of halogens is 1. The van der Waals surface area contributed by atoms with Gasteiger partial charge in [0.1, 0.15) is 0 Å². The zero-order valence-corrected chi connectivity index (χ0v) is 13.9. The lowest BCUT2D eigenvalue weighted by Gasteiger charge is -2.32. The van der Waals surface area contributed by atoms with Crippen molar-refractivity contribution in [1.29, 1.82) is 0 Å². The van der Waals surface area contributed by atoms with Crippen LogP contribution in [0.2, 0.25) is 5.02 Å². The third kappa shape index (κ3) is 4.10. The van der Waals surface area contributed by atoms with Crippen molar-refractivity contribution in [3.05, 3.63) is 35.2 Å². The van der Waals surface area contributed by atoms with Crippen molar-refractivity contribution in [2.24, 2.45) is 0 Å². The SMILES string of the molecule is OCCN(Cc1nnc(-c2ccccc2Cl)o1)C1CCCCC1. The van der Waals surface area contributed by atoms with E-state index in [4.69, 9.17) is 16.0 Å². The molecule has 6 heteroatoms. The fourth-order valence-corrected chi connectivity index (χ4v) is 3.42. The molecule has 0 radical (unpaired) electrons. The first-order chi connectivity index (χ1) is 11.3. The van der Waals surface area contributed by atoms with Crippen LogP contribution in [0.5, 0.6) is 0 Å². The molecule has 1 aliphatic rings. The zero-order valence-electron chi connectivity index (χ0n) is 13.1. The summed E-state index contributed by atoms with van der Waals surface area (Å²) in [5.41, 5.74) is 0.749. The molecule has 1 aliphatic carbocycles. The predicted molar refractivity (Wildman–Crippen MR) is 89.1 cm³/mol. The molecule has 1 saturated carbocycles. The standard InChI is InChI=1S/C17H22ClN3O2/c18-15-9-5-4-8-14(15)17-20-19-16(23-17)12-21(10-11-22)13-6-2-1-3-7-13/h4-5,8-9,13,22H,1-3,6-7,10-12H2. The van der Waals surface area contributed by atoms with Crippen molar-refractivity contribution in [1.82, 2.24) is 15.1 Å². The van der Waals surface area contributed by atoms with Crippen LogP contribution in [0, 0.1) is 0 Å². The van der Waals surface area contributed by atoms with Gasteiger partial charge in [-0.05, 0) is 25.0 Å². The van der Waals surface area contributed by atoms with Crippen LogP contribution in [0.15, 0.2) is 28.7 Å². The average Bonchev–Trinajstić information content (AvgIpc) is 3.04. The Morgan fingerprint density at radius 1 is 1.17 bits per heavy atom. The van der Waals surface area contributed by atoms with Gasteiger partial charge in [-0.15, -0.1) is 10.2 Å². The topological polar surface area (TPSA) is 62.4 Å². The third-order valence-electron chi connectivity index (χ3n) is 4.39. The Balaban J connectivity index is 1.72. The minimum absolute atomic E-state index is 0.141. The minimum Gasteiger partial charge on any atom is -0.419 e. The van der Waals surface area contributed by atoms with Gasteiger partial charge in [-0.1, -0.05) is 43.0 Å². The van der Waals surface area contributed by atoms with Crippen molar-refractivity contribution in [3.8, 4) is 11.5 Å². The molecule has 0 spiro atoms. The van der Waals surface area contributed by atoms with Crippen LogP contribution in [0.4, 0.5) is 0 Å². The lowest BCUT2D eigenvalue weighted by Crippen LogP contribution is -2.38. The quantitative estimate of drug-likeness (QED) is 0.875. The van der Waals surface area contributed by atoms with E-state index in [0.717, 1.165) is 5.56 Å². The van der Waals surface area contributed by atoms with Gasteiger partial charge < -0.3 is 9.52 Å². The summed E-state index contributed by atoms with van der Waals surface area (Å²) >= 11 is 6.17. The number of aromatic nitrogens is 2. The van der Waals surface area contributed by atoms with Crippen molar-refractivity contribution in [3.63, 3.8) is 0 Å². The number of rotatable bonds is 6. The van der Waals surface area contributed by atoms with E-state index in [1.54, 1.807) is 6.07 Å². The molecule has 0 amide bonds. The van der Waals surface area contributed by atoms with E-state index in [9.17, 15) is 5.11 Å². The van der Waals surface area contributed by atoms with Crippen LogP contribution >= 0.6 is 11.6 Å². The predicted octanol–water partition coefficient (Wildman–Crippen LogP) is 3.52. The van der Waals surface area contributed by atoms with Crippen molar-refractivity contribution in [2.45, 2.75) is 44.7 Å². The second-order valence-corrected chi connectivity index (χ2v) is 6.37. The molecule has 1 fully saturated rings. The lowest BCUT2D eigenvalue weighted by molar-refractivity contribution is 0.108. The van der Waals surface area contributed by atoms with Gasteiger partial charge in [-0.25, -0.2) is 0 Å². The molecule has 1 N–H and O–H groups in total. The highest BCUT2D eigenvalue weighted by Crippen LogP contribution is 2.27. The summed E-state index contributed by atoms with van der Waals surface area (Å²) in [6.07, 6.45) is 6.15. The number of nitrogens with zero attached hydrogens (tertiary/aromatic N) is 3. The zero-order chi connectivity index (χ0) is 16.1. The van der Waals surface area contributed by atoms with E-state index in [1.807, 2.05) is 18.2 Å². The Kier molecular flexibility index (Phi) is 5.65. The maximum Gasteiger partial charge on any atom is 0.249 e. The molecule has 0 unspecified atom stereocenters. The van der Waals surface area contributed by atoms with Crippen LogP contribution < -0.4 is 0 Å². The monoisotopic (exact) mass is 335 g/mol. The molecule has 5 nitrogen and oxygen atoms in total. The van der Waals surface area contributed by atoms with Crippen LogP contribution in [-0.4, -0.2) is 39.4 Å². The van der Waals surface area contributed by atoms with Gasteiger partial charge in [0.25, 0.3) is 0 Å². The van der Waals surface area contributed by atoms with Crippen molar-refractivity contribution >= 4 is 11.6 Å². The molecule has 1 aromatic carbocycles. The molecule has 0 saturated heterocycles. The summed E-state index contributed by atoms with van der Waals surface area (Å²) in [6, 6.07) is 7.93. The molecule has 1 heterocycles. The van der Waals surface area contributed by atoms with Crippen LogP contribution in [0.1, 0.15) is 38.0 Å². The van der Waals surface area contributed by atoms with Crippen LogP contribution in [-0.2, 0) is 6.54 Å². The molecular weight excluding hydrogens is 314 g/mol. The number of hydrogen-bond acceptors (Lipinski definition) is 5. The van der Waals surface area contributed by atoms with Crippen molar-refractivity contribution in [2.75, 3.05) is 13.2 Å². The molecular formula is C17H22ClN3O2. The normalized spacial score (nSPS) is 16.1. The van der Waals surface area contributed by atoms with E-state index in [2.05, 4.69) is 15.1 Å². The summed E-state index contributed by atoms with van der Waals surface area (Å²) in [4.78, 5) is 2.25. The Hall–Kier alpha value is -1.43.